The number of anilines is 2. The minimum absolute atomic E-state index is 0.0589. The summed E-state index contributed by atoms with van der Waals surface area (Å²) in [5.74, 6) is -0.926. The predicted octanol–water partition coefficient (Wildman–Crippen LogP) is 3.63. The molecule has 0 saturated carbocycles. The maximum absolute atomic E-state index is 12.9. The number of amides is 3. The van der Waals surface area contributed by atoms with Crippen molar-refractivity contribution in [1.29, 1.82) is 0 Å². The summed E-state index contributed by atoms with van der Waals surface area (Å²) in [6.07, 6.45) is 1.86. The van der Waals surface area contributed by atoms with E-state index in [2.05, 4.69) is 15.6 Å². The van der Waals surface area contributed by atoms with Gasteiger partial charge in [-0.15, -0.1) is 0 Å². The van der Waals surface area contributed by atoms with E-state index in [0.717, 1.165) is 11.3 Å². The van der Waals surface area contributed by atoms with Crippen LogP contribution in [-0.2, 0) is 16.1 Å². The Morgan fingerprint density at radius 1 is 0.969 bits per heavy atom. The van der Waals surface area contributed by atoms with Crippen LogP contribution in [0.2, 0.25) is 0 Å². The molecule has 1 aromatic heterocycles. The third kappa shape index (κ3) is 4.83. The van der Waals surface area contributed by atoms with E-state index in [1.165, 1.54) is 0 Å². The first-order valence-corrected chi connectivity index (χ1v) is 10.5. The van der Waals surface area contributed by atoms with E-state index in [0.29, 0.717) is 30.0 Å². The van der Waals surface area contributed by atoms with Crippen LogP contribution in [0.3, 0.4) is 0 Å². The molecule has 3 amide bonds. The zero-order valence-electron chi connectivity index (χ0n) is 17.7. The lowest BCUT2D eigenvalue weighted by molar-refractivity contribution is -0.128. The van der Waals surface area contributed by atoms with Crippen LogP contribution in [0, 0.1) is 12.8 Å². The standard InChI is InChI=1S/C25H24N4O3/c1-17-21(27-24(31)18-8-3-2-4-9-18)11-7-12-22(17)28-25(32)19-14-23(30)29(15-19)16-20-10-5-6-13-26-20/h2-13,19H,14-16H2,1H3,(H,27,31)(H,28,32). The average Bonchev–Trinajstić information content (AvgIpc) is 3.18. The number of nitrogens with one attached hydrogen (secondary N) is 2. The van der Waals surface area contributed by atoms with Gasteiger partial charge in [-0.2, -0.15) is 0 Å². The predicted molar refractivity (Wildman–Crippen MR) is 122 cm³/mol. The number of nitrogens with zero attached hydrogens (tertiary/aromatic N) is 2. The van der Waals surface area contributed by atoms with E-state index in [1.54, 1.807) is 53.6 Å². The number of hydrogen-bond donors (Lipinski definition) is 2. The molecule has 32 heavy (non-hydrogen) atoms. The lowest BCUT2D eigenvalue weighted by atomic mass is 10.1. The minimum Gasteiger partial charge on any atom is -0.336 e. The molecule has 7 nitrogen and oxygen atoms in total. The minimum atomic E-state index is -0.437. The number of carbonyl (C=O) groups is 3. The van der Waals surface area contributed by atoms with Crippen LogP contribution >= 0.6 is 0 Å². The molecule has 4 rings (SSSR count). The Morgan fingerprint density at radius 3 is 2.41 bits per heavy atom. The molecule has 0 spiro atoms. The first-order valence-electron chi connectivity index (χ1n) is 10.5. The Bertz CT molecular complexity index is 1130. The first-order chi connectivity index (χ1) is 15.5. The molecular formula is C25H24N4O3. The van der Waals surface area contributed by atoms with Crippen molar-refractivity contribution in [3.05, 3.63) is 89.7 Å². The number of carbonyl (C=O) groups excluding carboxylic acids is 3. The molecule has 3 aromatic rings. The maximum atomic E-state index is 12.9. The molecule has 1 aliphatic rings. The Balaban J connectivity index is 1.41. The summed E-state index contributed by atoms with van der Waals surface area (Å²) >= 11 is 0. The fourth-order valence-electron chi connectivity index (χ4n) is 3.71. The summed E-state index contributed by atoms with van der Waals surface area (Å²) in [6, 6.07) is 19.8. The van der Waals surface area contributed by atoms with E-state index in [9.17, 15) is 14.4 Å². The molecule has 1 aliphatic heterocycles. The van der Waals surface area contributed by atoms with Crippen LogP contribution < -0.4 is 10.6 Å². The lowest BCUT2D eigenvalue weighted by Crippen LogP contribution is -2.28. The summed E-state index contributed by atoms with van der Waals surface area (Å²) in [7, 11) is 0. The van der Waals surface area contributed by atoms with Crippen molar-refractivity contribution in [3.8, 4) is 0 Å². The van der Waals surface area contributed by atoms with E-state index in [-0.39, 0.29) is 24.1 Å². The summed E-state index contributed by atoms with van der Waals surface area (Å²) < 4.78 is 0. The molecule has 7 heteroatoms. The Labute approximate surface area is 186 Å². The molecule has 2 aromatic carbocycles. The van der Waals surface area contributed by atoms with E-state index >= 15 is 0 Å². The summed E-state index contributed by atoms with van der Waals surface area (Å²) in [5.41, 5.74) is 3.32. The van der Waals surface area contributed by atoms with Gasteiger partial charge in [-0.3, -0.25) is 19.4 Å². The van der Waals surface area contributed by atoms with Gasteiger partial charge in [-0.25, -0.2) is 0 Å². The molecule has 1 fully saturated rings. The quantitative estimate of drug-likeness (QED) is 0.627. The fraction of sp³-hybridized carbons (Fsp3) is 0.200. The number of likely N-dealkylation sites (tertiary alicyclic amines) is 1. The van der Waals surface area contributed by atoms with Crippen LogP contribution in [0.1, 0.15) is 28.0 Å². The molecular weight excluding hydrogens is 404 g/mol. The van der Waals surface area contributed by atoms with Gasteiger partial charge in [0.2, 0.25) is 11.8 Å². The number of benzene rings is 2. The third-order valence-corrected chi connectivity index (χ3v) is 5.54. The van der Waals surface area contributed by atoms with Crippen LogP contribution in [0.5, 0.6) is 0 Å². The van der Waals surface area contributed by atoms with Crippen molar-refractivity contribution >= 4 is 29.1 Å². The highest BCUT2D eigenvalue weighted by Crippen LogP contribution is 2.26. The van der Waals surface area contributed by atoms with Gasteiger partial charge in [-0.05, 0) is 48.9 Å². The van der Waals surface area contributed by atoms with Gasteiger partial charge in [-0.1, -0.05) is 30.3 Å². The van der Waals surface area contributed by atoms with Crippen LogP contribution in [0.4, 0.5) is 11.4 Å². The smallest absolute Gasteiger partial charge is 0.255 e. The number of aromatic nitrogens is 1. The van der Waals surface area contributed by atoms with Gasteiger partial charge in [0, 0.05) is 36.1 Å². The van der Waals surface area contributed by atoms with Gasteiger partial charge in [0.25, 0.3) is 5.91 Å². The molecule has 0 radical (unpaired) electrons. The van der Waals surface area contributed by atoms with Crippen LogP contribution in [-0.4, -0.2) is 34.2 Å². The van der Waals surface area contributed by atoms with Gasteiger partial charge < -0.3 is 15.5 Å². The Kier molecular flexibility index (Phi) is 6.26. The zero-order chi connectivity index (χ0) is 22.5. The van der Waals surface area contributed by atoms with E-state index in [1.807, 2.05) is 31.2 Å². The highest BCUT2D eigenvalue weighted by atomic mass is 16.2. The van der Waals surface area contributed by atoms with Crippen molar-refractivity contribution in [2.75, 3.05) is 17.2 Å². The Morgan fingerprint density at radius 2 is 1.69 bits per heavy atom. The second-order valence-corrected chi connectivity index (χ2v) is 7.78. The fourth-order valence-corrected chi connectivity index (χ4v) is 3.71. The summed E-state index contributed by atoms with van der Waals surface area (Å²) in [4.78, 5) is 43.7. The third-order valence-electron chi connectivity index (χ3n) is 5.54. The van der Waals surface area contributed by atoms with Crippen LogP contribution in [0.25, 0.3) is 0 Å². The molecule has 2 heterocycles. The molecule has 162 valence electrons. The second-order valence-electron chi connectivity index (χ2n) is 7.78. The molecule has 1 saturated heterocycles. The largest absolute Gasteiger partial charge is 0.336 e. The van der Waals surface area contributed by atoms with Crippen LogP contribution in [0.15, 0.2) is 72.9 Å². The van der Waals surface area contributed by atoms with E-state index in [4.69, 9.17) is 0 Å². The highest BCUT2D eigenvalue weighted by Gasteiger charge is 2.34. The zero-order valence-corrected chi connectivity index (χ0v) is 17.7. The molecule has 1 unspecified atom stereocenters. The maximum Gasteiger partial charge on any atom is 0.255 e. The normalized spacial score (nSPS) is 15.5. The van der Waals surface area contributed by atoms with Gasteiger partial charge in [0.05, 0.1) is 18.2 Å². The first kappa shape index (κ1) is 21.2. The monoisotopic (exact) mass is 428 g/mol. The van der Waals surface area contributed by atoms with Gasteiger partial charge in [0.15, 0.2) is 0 Å². The average molecular weight is 428 g/mol. The van der Waals surface area contributed by atoms with Crippen molar-refractivity contribution in [2.45, 2.75) is 19.9 Å². The molecule has 0 bridgehead atoms. The highest BCUT2D eigenvalue weighted by molar-refractivity contribution is 6.05. The van der Waals surface area contributed by atoms with Gasteiger partial charge in [0.1, 0.15) is 0 Å². The number of pyridine rings is 1. The molecule has 1 atom stereocenters. The van der Waals surface area contributed by atoms with Gasteiger partial charge >= 0.3 is 0 Å². The SMILES string of the molecule is Cc1c(NC(=O)c2ccccc2)cccc1NC(=O)C1CC(=O)N(Cc2ccccn2)C1. The van der Waals surface area contributed by atoms with Crippen molar-refractivity contribution in [2.24, 2.45) is 5.92 Å². The summed E-state index contributed by atoms with van der Waals surface area (Å²) in [6.45, 7) is 2.58. The summed E-state index contributed by atoms with van der Waals surface area (Å²) in [5, 5.41) is 5.82. The number of rotatable bonds is 6. The van der Waals surface area contributed by atoms with Crippen molar-refractivity contribution in [3.63, 3.8) is 0 Å². The van der Waals surface area contributed by atoms with Crippen molar-refractivity contribution < 1.29 is 14.4 Å². The topological polar surface area (TPSA) is 91.4 Å². The molecule has 2 N–H and O–H groups in total. The Hall–Kier alpha value is -4.00. The van der Waals surface area contributed by atoms with E-state index < -0.39 is 5.92 Å². The second kappa shape index (κ2) is 9.43. The number of hydrogen-bond acceptors (Lipinski definition) is 4. The lowest BCUT2D eigenvalue weighted by Gasteiger charge is -2.17. The molecule has 0 aliphatic carbocycles. The van der Waals surface area contributed by atoms with Crippen molar-refractivity contribution in [1.82, 2.24) is 9.88 Å².